The van der Waals surface area contributed by atoms with Gasteiger partial charge in [0.05, 0.1) is 12.2 Å². The molecular weight excluding hydrogens is 230 g/mol. The highest BCUT2D eigenvalue weighted by Crippen LogP contribution is 2.31. The number of carboxylic acids is 1. The molecule has 0 bridgehead atoms. The Morgan fingerprint density at radius 2 is 2.00 bits per heavy atom. The molecule has 0 saturated carbocycles. The lowest BCUT2D eigenvalue weighted by molar-refractivity contribution is -0.138. The van der Waals surface area contributed by atoms with Crippen LogP contribution in [0.15, 0.2) is 0 Å². The van der Waals surface area contributed by atoms with Crippen molar-refractivity contribution in [3.8, 4) is 0 Å². The summed E-state index contributed by atoms with van der Waals surface area (Å²) in [6.45, 7) is 6.05. The van der Waals surface area contributed by atoms with E-state index in [9.17, 15) is 13.2 Å². The van der Waals surface area contributed by atoms with E-state index in [2.05, 4.69) is 0 Å². The lowest BCUT2D eigenvalue weighted by Gasteiger charge is -2.35. The van der Waals surface area contributed by atoms with Crippen LogP contribution in [0.5, 0.6) is 0 Å². The second-order valence-corrected chi connectivity index (χ2v) is 7.30. The van der Waals surface area contributed by atoms with Crippen molar-refractivity contribution in [3.63, 3.8) is 0 Å². The molecule has 1 fully saturated rings. The van der Waals surface area contributed by atoms with Gasteiger partial charge in [-0.05, 0) is 11.8 Å². The van der Waals surface area contributed by atoms with Crippen molar-refractivity contribution >= 4 is 16.0 Å². The van der Waals surface area contributed by atoms with Gasteiger partial charge in [0.15, 0.2) is 0 Å². The summed E-state index contributed by atoms with van der Waals surface area (Å²) in [7, 11) is -3.25. The first kappa shape index (κ1) is 13.4. The van der Waals surface area contributed by atoms with E-state index in [4.69, 9.17) is 5.11 Å². The van der Waals surface area contributed by atoms with E-state index in [1.807, 2.05) is 20.8 Å². The summed E-state index contributed by atoms with van der Waals surface area (Å²) in [6.07, 6.45) is 0.456. The molecular formula is C10H19NO4S. The number of sulfonamides is 1. The zero-order valence-electron chi connectivity index (χ0n) is 9.93. The molecule has 94 valence electrons. The van der Waals surface area contributed by atoms with Crippen molar-refractivity contribution in [1.82, 2.24) is 4.31 Å². The highest BCUT2D eigenvalue weighted by atomic mass is 32.2. The van der Waals surface area contributed by atoms with Gasteiger partial charge in [-0.2, -0.15) is 4.31 Å². The third-order valence-electron chi connectivity index (χ3n) is 2.85. The number of carbonyl (C=O) groups is 1. The van der Waals surface area contributed by atoms with Crippen LogP contribution < -0.4 is 0 Å². The Hall–Kier alpha value is -0.620. The molecule has 0 aromatic rings. The monoisotopic (exact) mass is 249 g/mol. The lowest BCUT2D eigenvalue weighted by atomic mass is 9.84. The van der Waals surface area contributed by atoms with E-state index >= 15 is 0 Å². The Morgan fingerprint density at radius 1 is 1.44 bits per heavy atom. The van der Waals surface area contributed by atoms with Gasteiger partial charge in [0, 0.05) is 12.6 Å². The van der Waals surface area contributed by atoms with Crippen molar-refractivity contribution in [1.29, 1.82) is 0 Å². The Balaban J connectivity index is 2.98. The molecule has 16 heavy (non-hydrogen) atoms. The summed E-state index contributed by atoms with van der Waals surface area (Å²) >= 11 is 0. The van der Waals surface area contributed by atoms with Crippen LogP contribution in [0.25, 0.3) is 0 Å². The van der Waals surface area contributed by atoms with Crippen LogP contribution in [-0.4, -0.2) is 42.1 Å². The van der Waals surface area contributed by atoms with E-state index in [1.165, 1.54) is 4.31 Å². The molecule has 1 aliphatic rings. The molecule has 1 atom stereocenters. The first-order valence-electron chi connectivity index (χ1n) is 5.36. The van der Waals surface area contributed by atoms with Gasteiger partial charge in [0.1, 0.15) is 0 Å². The first-order chi connectivity index (χ1) is 7.14. The molecule has 1 aliphatic heterocycles. The fourth-order valence-electron chi connectivity index (χ4n) is 2.01. The average Bonchev–Trinajstić information content (AvgIpc) is 2.38. The predicted molar refractivity (Wildman–Crippen MR) is 60.6 cm³/mol. The normalized spacial score (nSPS) is 23.2. The maximum atomic E-state index is 11.8. The molecule has 0 amide bonds. The van der Waals surface area contributed by atoms with Crippen molar-refractivity contribution in [2.45, 2.75) is 39.7 Å². The van der Waals surface area contributed by atoms with E-state index in [0.29, 0.717) is 13.0 Å². The van der Waals surface area contributed by atoms with Crippen LogP contribution in [0.3, 0.4) is 0 Å². The number of nitrogens with zero attached hydrogens (tertiary/aromatic N) is 1. The Labute approximate surface area is 96.5 Å². The van der Waals surface area contributed by atoms with Crippen LogP contribution in [-0.2, 0) is 14.8 Å². The SMILES string of the molecule is CC(C)(C)C(CC(=O)O)N1CCCS1(=O)=O. The second-order valence-electron chi connectivity index (χ2n) is 5.26. The molecule has 5 nitrogen and oxygen atoms in total. The maximum Gasteiger partial charge on any atom is 0.304 e. The smallest absolute Gasteiger partial charge is 0.304 e. The Morgan fingerprint density at radius 3 is 2.31 bits per heavy atom. The summed E-state index contributed by atoms with van der Waals surface area (Å²) in [5.74, 6) is -0.818. The number of aliphatic carboxylic acids is 1. The number of hydrogen-bond donors (Lipinski definition) is 1. The molecule has 1 N–H and O–H groups in total. The highest BCUT2D eigenvalue weighted by Gasteiger charge is 2.41. The molecule has 0 aromatic heterocycles. The van der Waals surface area contributed by atoms with E-state index in [-0.39, 0.29) is 17.6 Å². The van der Waals surface area contributed by atoms with E-state index in [1.54, 1.807) is 0 Å². The van der Waals surface area contributed by atoms with Gasteiger partial charge in [-0.25, -0.2) is 8.42 Å². The van der Waals surface area contributed by atoms with Crippen molar-refractivity contribution in [3.05, 3.63) is 0 Å². The highest BCUT2D eigenvalue weighted by molar-refractivity contribution is 7.89. The summed E-state index contributed by atoms with van der Waals surface area (Å²) < 4.78 is 24.9. The van der Waals surface area contributed by atoms with E-state index in [0.717, 1.165) is 0 Å². The minimum absolute atomic E-state index is 0.136. The molecule has 6 heteroatoms. The molecule has 1 heterocycles. The van der Waals surface area contributed by atoms with Crippen LogP contribution in [0, 0.1) is 5.41 Å². The number of rotatable bonds is 3. The predicted octanol–water partition coefficient (Wildman–Crippen LogP) is 0.911. The standard InChI is InChI=1S/C10H19NO4S/c1-10(2,3)8(7-9(12)13)11-5-4-6-16(11,14)15/h8H,4-7H2,1-3H3,(H,12,13). The average molecular weight is 249 g/mol. The minimum atomic E-state index is -3.25. The summed E-state index contributed by atoms with van der Waals surface area (Å²) in [5.41, 5.74) is -0.365. The van der Waals surface area contributed by atoms with Crippen LogP contribution in [0.1, 0.15) is 33.6 Å². The third-order valence-corrected chi connectivity index (χ3v) is 4.81. The van der Waals surface area contributed by atoms with Crippen LogP contribution >= 0.6 is 0 Å². The van der Waals surface area contributed by atoms with Gasteiger partial charge >= 0.3 is 5.97 Å². The summed E-state index contributed by atoms with van der Waals surface area (Å²) in [4.78, 5) is 10.8. The van der Waals surface area contributed by atoms with Crippen molar-refractivity contribution < 1.29 is 18.3 Å². The van der Waals surface area contributed by atoms with Gasteiger partial charge < -0.3 is 5.11 Å². The molecule has 0 radical (unpaired) electrons. The Kier molecular flexibility index (Phi) is 3.64. The molecule has 1 saturated heterocycles. The number of carboxylic acid groups (broad SMARTS) is 1. The molecule has 0 aliphatic carbocycles. The molecule has 0 aromatic carbocycles. The summed E-state index contributed by atoms with van der Waals surface area (Å²) in [6, 6.07) is -0.461. The third kappa shape index (κ3) is 2.95. The van der Waals surface area contributed by atoms with Crippen molar-refractivity contribution in [2.75, 3.05) is 12.3 Å². The fourth-order valence-corrected chi connectivity index (χ4v) is 3.93. The molecule has 1 rings (SSSR count). The minimum Gasteiger partial charge on any atom is -0.481 e. The second kappa shape index (κ2) is 4.33. The number of hydrogen-bond acceptors (Lipinski definition) is 3. The van der Waals surface area contributed by atoms with Gasteiger partial charge in [0.25, 0.3) is 0 Å². The van der Waals surface area contributed by atoms with Crippen LogP contribution in [0.4, 0.5) is 0 Å². The van der Waals surface area contributed by atoms with Crippen LogP contribution in [0.2, 0.25) is 0 Å². The molecule has 0 spiro atoms. The molecule has 1 unspecified atom stereocenters. The van der Waals surface area contributed by atoms with Gasteiger partial charge in [-0.1, -0.05) is 20.8 Å². The summed E-state index contributed by atoms with van der Waals surface area (Å²) in [5, 5.41) is 8.86. The zero-order valence-corrected chi connectivity index (χ0v) is 10.7. The van der Waals surface area contributed by atoms with E-state index < -0.39 is 22.0 Å². The first-order valence-corrected chi connectivity index (χ1v) is 6.97. The topological polar surface area (TPSA) is 74.7 Å². The zero-order chi connectivity index (χ0) is 12.6. The largest absolute Gasteiger partial charge is 0.481 e. The van der Waals surface area contributed by atoms with Crippen molar-refractivity contribution in [2.24, 2.45) is 5.41 Å². The Bertz CT molecular complexity index is 369. The lowest BCUT2D eigenvalue weighted by Crippen LogP contribution is -2.46. The van der Waals surface area contributed by atoms with Gasteiger partial charge in [-0.3, -0.25) is 4.79 Å². The fraction of sp³-hybridized carbons (Fsp3) is 0.900. The maximum absolute atomic E-state index is 11.8. The quantitative estimate of drug-likeness (QED) is 0.806. The van der Waals surface area contributed by atoms with Gasteiger partial charge in [-0.15, -0.1) is 0 Å². The van der Waals surface area contributed by atoms with Gasteiger partial charge in [0.2, 0.25) is 10.0 Å².